The zero-order chi connectivity index (χ0) is 26.5. The van der Waals surface area contributed by atoms with Gasteiger partial charge in [0.25, 0.3) is 0 Å². The zero-order valence-electron chi connectivity index (χ0n) is 21.7. The Kier molecular flexibility index (Phi) is 10.1. The first kappa shape index (κ1) is 29.9. The van der Waals surface area contributed by atoms with Gasteiger partial charge in [0, 0.05) is 5.56 Å². The number of carbonyl (C=O) groups excluding carboxylic acids is 2. The molecule has 1 aliphatic carbocycles. The van der Waals surface area contributed by atoms with E-state index in [4.69, 9.17) is 22.8 Å². The Morgan fingerprint density at radius 1 is 0.914 bits per heavy atom. The first-order chi connectivity index (χ1) is 16.3. The van der Waals surface area contributed by atoms with E-state index < -0.39 is 49.8 Å². The van der Waals surface area contributed by atoms with Gasteiger partial charge in [-0.15, -0.1) is 0 Å². The molecule has 1 aromatic carbocycles. The molecule has 0 radical (unpaired) electrons. The Balaban J connectivity index is 2.75. The summed E-state index contributed by atoms with van der Waals surface area (Å²) in [6.45, 7) is 11.5. The second-order valence-corrected chi connectivity index (χ2v) is 14.0. The van der Waals surface area contributed by atoms with Crippen LogP contribution in [0.2, 0.25) is 0 Å². The largest absolute Gasteiger partial charge is 0.459 e. The lowest BCUT2D eigenvalue weighted by Gasteiger charge is -2.37. The SMILES string of the molecule is CCOP(=O)(OCC)C(CC1(C(=O)OC(C)(C)C)Cc2ccccc2C1=O)P(=O)(OCC)OCC. The average Bonchev–Trinajstić information content (AvgIpc) is 3.04. The fourth-order valence-corrected chi connectivity index (χ4v) is 9.73. The quantitative estimate of drug-likeness (QED) is 0.171. The molecule has 2 rings (SSSR count). The number of hydrogen-bond donors (Lipinski definition) is 0. The molecule has 1 aromatic rings. The molecule has 9 nitrogen and oxygen atoms in total. The lowest BCUT2D eigenvalue weighted by Crippen LogP contribution is -2.44. The van der Waals surface area contributed by atoms with E-state index in [1.807, 2.05) is 0 Å². The van der Waals surface area contributed by atoms with Crippen molar-refractivity contribution in [3.63, 3.8) is 0 Å². The van der Waals surface area contributed by atoms with Gasteiger partial charge < -0.3 is 22.8 Å². The third-order valence-corrected chi connectivity index (χ3v) is 11.5. The maximum absolute atomic E-state index is 14.1. The summed E-state index contributed by atoms with van der Waals surface area (Å²) in [5.74, 6) is -1.29. The van der Waals surface area contributed by atoms with Crippen molar-refractivity contribution < 1.29 is 41.6 Å². The van der Waals surface area contributed by atoms with Crippen LogP contribution in [0.5, 0.6) is 0 Å². The normalized spacial score (nSPS) is 18.7. The molecule has 0 amide bonds. The maximum atomic E-state index is 14.1. The van der Waals surface area contributed by atoms with Crippen LogP contribution >= 0.6 is 15.2 Å². The lowest BCUT2D eigenvalue weighted by atomic mass is 9.80. The molecule has 35 heavy (non-hydrogen) atoms. The van der Waals surface area contributed by atoms with Gasteiger partial charge in [-0.3, -0.25) is 18.7 Å². The summed E-state index contributed by atoms with van der Waals surface area (Å²) in [6, 6.07) is 6.86. The number of ether oxygens (including phenoxy) is 1. The summed E-state index contributed by atoms with van der Waals surface area (Å²) in [6.07, 6.45) is -0.464. The van der Waals surface area contributed by atoms with E-state index in [1.165, 1.54) is 0 Å². The Hall–Kier alpha value is -1.34. The molecule has 0 saturated carbocycles. The summed E-state index contributed by atoms with van der Waals surface area (Å²) in [5, 5.41) is -1.53. The highest BCUT2D eigenvalue weighted by Crippen LogP contribution is 2.73. The van der Waals surface area contributed by atoms with Gasteiger partial charge in [0.2, 0.25) is 0 Å². The molecule has 1 unspecified atom stereocenters. The van der Waals surface area contributed by atoms with Crippen molar-refractivity contribution in [2.24, 2.45) is 5.41 Å². The van der Waals surface area contributed by atoms with E-state index in [-0.39, 0.29) is 32.8 Å². The van der Waals surface area contributed by atoms with E-state index in [0.29, 0.717) is 11.1 Å². The van der Waals surface area contributed by atoms with E-state index in [0.717, 1.165) is 0 Å². The number of esters is 1. The van der Waals surface area contributed by atoms with Crippen LogP contribution in [0, 0.1) is 5.41 Å². The van der Waals surface area contributed by atoms with E-state index in [9.17, 15) is 18.7 Å². The number of ketones is 1. The second kappa shape index (κ2) is 11.8. The van der Waals surface area contributed by atoms with Gasteiger partial charge in [-0.05, 0) is 66.9 Å². The predicted molar refractivity (Wildman–Crippen MR) is 133 cm³/mol. The number of benzene rings is 1. The zero-order valence-corrected chi connectivity index (χ0v) is 23.5. The summed E-state index contributed by atoms with van der Waals surface area (Å²) in [5.41, 5.74) is -1.70. The van der Waals surface area contributed by atoms with Crippen LogP contribution in [0.15, 0.2) is 24.3 Å². The molecule has 0 saturated heterocycles. The molecule has 1 aliphatic rings. The fraction of sp³-hybridized carbons (Fsp3) is 0.667. The number of hydrogen-bond acceptors (Lipinski definition) is 9. The minimum Gasteiger partial charge on any atom is -0.459 e. The van der Waals surface area contributed by atoms with Crippen LogP contribution in [0.3, 0.4) is 0 Å². The minimum absolute atomic E-state index is 0.0100. The predicted octanol–water partition coefficient (Wildman–Crippen LogP) is 6.00. The number of fused-ring (bicyclic) bond motifs is 1. The molecule has 198 valence electrons. The first-order valence-electron chi connectivity index (χ1n) is 12.0. The number of rotatable bonds is 13. The second-order valence-electron chi connectivity index (χ2n) is 9.18. The molecule has 1 atom stereocenters. The molecule has 0 N–H and O–H groups in total. The van der Waals surface area contributed by atoms with Crippen molar-refractivity contribution >= 4 is 26.9 Å². The van der Waals surface area contributed by atoms with Gasteiger partial charge in [-0.1, -0.05) is 24.3 Å². The molecular weight excluding hydrogens is 494 g/mol. The van der Waals surface area contributed by atoms with Crippen molar-refractivity contribution in [3.8, 4) is 0 Å². The Bertz CT molecular complexity index is 951. The first-order valence-corrected chi connectivity index (χ1v) is 15.2. The van der Waals surface area contributed by atoms with Crippen molar-refractivity contribution in [1.29, 1.82) is 0 Å². The standard InChI is InChI=1S/C24H38O9P2/c1-8-29-34(27,30-9-2)20(35(28,31-10-3)32-11-4)17-24(22(26)33-23(5,6)7)16-18-14-12-13-15-19(18)21(24)25/h12-15,20H,8-11,16-17H2,1-7H3. The smallest absolute Gasteiger partial charge is 0.345 e. The number of carbonyl (C=O) groups is 2. The summed E-state index contributed by atoms with van der Waals surface area (Å²) in [7, 11) is -8.38. The number of Topliss-reactive ketones (excluding diaryl/α,β-unsaturated/α-hetero) is 1. The molecular formula is C24H38O9P2. The van der Waals surface area contributed by atoms with Crippen LogP contribution in [0.1, 0.15) is 70.8 Å². The third kappa shape index (κ3) is 6.51. The van der Waals surface area contributed by atoms with Crippen LogP contribution in [0.4, 0.5) is 0 Å². The van der Waals surface area contributed by atoms with Crippen LogP contribution in [-0.2, 0) is 43.2 Å². The average molecular weight is 533 g/mol. The lowest BCUT2D eigenvalue weighted by molar-refractivity contribution is -0.164. The minimum atomic E-state index is -4.19. The molecule has 0 bridgehead atoms. The summed E-state index contributed by atoms with van der Waals surface area (Å²) < 4.78 is 56.1. The van der Waals surface area contributed by atoms with Crippen molar-refractivity contribution in [1.82, 2.24) is 0 Å². The van der Waals surface area contributed by atoms with E-state index >= 15 is 0 Å². The third-order valence-electron chi connectivity index (χ3n) is 5.48. The van der Waals surface area contributed by atoms with Gasteiger partial charge >= 0.3 is 21.2 Å². The van der Waals surface area contributed by atoms with Gasteiger partial charge in [0.15, 0.2) is 11.2 Å². The van der Waals surface area contributed by atoms with Crippen molar-refractivity contribution in [2.45, 2.75) is 72.3 Å². The summed E-state index contributed by atoms with van der Waals surface area (Å²) >= 11 is 0. The van der Waals surface area contributed by atoms with Gasteiger partial charge in [0.05, 0.1) is 26.4 Å². The van der Waals surface area contributed by atoms with Gasteiger partial charge in [0.1, 0.15) is 11.0 Å². The molecule has 11 heteroatoms. The van der Waals surface area contributed by atoms with Crippen molar-refractivity contribution in [3.05, 3.63) is 35.4 Å². The Morgan fingerprint density at radius 2 is 1.37 bits per heavy atom. The van der Waals surface area contributed by atoms with Crippen LogP contribution in [-0.4, -0.2) is 49.2 Å². The highest BCUT2D eigenvalue weighted by molar-refractivity contribution is 7.72. The van der Waals surface area contributed by atoms with Gasteiger partial charge in [-0.2, -0.15) is 0 Å². The fourth-order valence-electron chi connectivity index (χ4n) is 4.19. The monoisotopic (exact) mass is 532 g/mol. The molecule has 0 aromatic heterocycles. The Labute approximate surface area is 208 Å². The molecule has 0 heterocycles. The molecule has 0 spiro atoms. The van der Waals surface area contributed by atoms with E-state index in [1.54, 1.807) is 72.7 Å². The van der Waals surface area contributed by atoms with Gasteiger partial charge in [-0.25, -0.2) is 0 Å². The highest BCUT2D eigenvalue weighted by Gasteiger charge is 2.61. The molecule has 0 aliphatic heterocycles. The van der Waals surface area contributed by atoms with Crippen LogP contribution in [0.25, 0.3) is 0 Å². The molecule has 0 fully saturated rings. The summed E-state index contributed by atoms with van der Waals surface area (Å²) in [4.78, 5) is 27.5. The van der Waals surface area contributed by atoms with Crippen LogP contribution < -0.4 is 0 Å². The Morgan fingerprint density at radius 3 is 1.77 bits per heavy atom. The van der Waals surface area contributed by atoms with E-state index in [2.05, 4.69) is 0 Å². The topological polar surface area (TPSA) is 114 Å². The van der Waals surface area contributed by atoms with Crippen molar-refractivity contribution in [2.75, 3.05) is 26.4 Å². The maximum Gasteiger partial charge on any atom is 0.345 e. The highest BCUT2D eigenvalue weighted by atomic mass is 31.2.